The van der Waals surface area contributed by atoms with E-state index in [9.17, 15) is 9.90 Å². The van der Waals surface area contributed by atoms with Gasteiger partial charge in [0, 0.05) is 6.54 Å². The maximum atomic E-state index is 12.2. The van der Waals surface area contributed by atoms with E-state index >= 15 is 0 Å². The average molecular weight is 409 g/mol. The Morgan fingerprint density at radius 3 is 2.37 bits per heavy atom. The fourth-order valence-corrected chi connectivity index (χ4v) is 2.97. The van der Waals surface area contributed by atoms with Gasteiger partial charge in [0.1, 0.15) is 12.4 Å². The summed E-state index contributed by atoms with van der Waals surface area (Å²) < 4.78 is 17.6. The summed E-state index contributed by atoms with van der Waals surface area (Å²) >= 11 is 0. The quantitative estimate of drug-likeness (QED) is 0.695. The molecule has 2 N–H and O–H groups in total. The number of ether oxygens (including phenoxy) is 1. The molecule has 0 radical (unpaired) electrons. The van der Waals surface area contributed by atoms with Gasteiger partial charge in [-0.2, -0.15) is 0 Å². The molecule has 158 valence electrons. The van der Waals surface area contributed by atoms with Gasteiger partial charge in [-0.3, -0.25) is 0 Å². The lowest BCUT2D eigenvalue weighted by Gasteiger charge is -2.32. The van der Waals surface area contributed by atoms with E-state index in [4.69, 9.17) is 14.0 Å². The van der Waals surface area contributed by atoms with E-state index < -0.39 is 24.4 Å². The minimum Gasteiger partial charge on any atom is -0.508 e. The van der Waals surface area contributed by atoms with Gasteiger partial charge >= 0.3 is 13.2 Å². The number of carbonyl (C=O) groups is 1. The fourth-order valence-electron chi connectivity index (χ4n) is 2.97. The smallest absolute Gasteiger partial charge is 0.492 e. The molecule has 0 saturated carbocycles. The minimum atomic E-state index is -0.633. The molecule has 1 saturated heterocycles. The zero-order chi connectivity index (χ0) is 21.8. The third-order valence-corrected chi connectivity index (χ3v) is 5.43. The van der Waals surface area contributed by atoms with Crippen LogP contribution < -0.4 is 5.32 Å². The van der Waals surface area contributed by atoms with Crippen LogP contribution in [0.2, 0.25) is 0 Å². The molecule has 2 aromatic rings. The van der Waals surface area contributed by atoms with Crippen LogP contribution in [0.15, 0.2) is 60.1 Å². The maximum absolute atomic E-state index is 12.2. The predicted molar refractivity (Wildman–Crippen MR) is 117 cm³/mol. The molecule has 0 bridgehead atoms. The van der Waals surface area contributed by atoms with Crippen molar-refractivity contribution < 1.29 is 23.9 Å². The molecule has 7 heteroatoms. The Balaban J connectivity index is 1.71. The van der Waals surface area contributed by atoms with Gasteiger partial charge in [0.15, 0.2) is 0 Å². The molecular weight excluding hydrogens is 381 g/mol. The molecule has 6 nitrogen and oxygen atoms in total. The van der Waals surface area contributed by atoms with Crippen LogP contribution in [-0.2, 0) is 20.7 Å². The number of aromatic hydroxyl groups is 1. The molecule has 0 aromatic heterocycles. The highest BCUT2D eigenvalue weighted by Crippen LogP contribution is 2.38. The molecule has 1 aliphatic heterocycles. The predicted octanol–water partition coefficient (Wildman–Crippen LogP) is 4.33. The van der Waals surface area contributed by atoms with Crippen LogP contribution in [-0.4, -0.2) is 36.1 Å². The Morgan fingerprint density at radius 2 is 1.73 bits per heavy atom. The summed E-state index contributed by atoms with van der Waals surface area (Å²) in [5.74, 6) is 0.159. The van der Waals surface area contributed by atoms with E-state index in [0.29, 0.717) is 0 Å². The summed E-state index contributed by atoms with van der Waals surface area (Å²) in [6.45, 7) is 8.26. The van der Waals surface area contributed by atoms with Crippen molar-refractivity contribution in [1.29, 1.82) is 0 Å². The first-order chi connectivity index (χ1) is 14.2. The number of hydrogen-bond acceptors (Lipinski definition) is 5. The van der Waals surface area contributed by atoms with E-state index in [2.05, 4.69) is 5.32 Å². The SMILES string of the molecule is CC1(C)OB(C(=Cc2cccc(O)c2)CNC(=O)OCc2ccccc2)OC1(C)C. The van der Waals surface area contributed by atoms with Crippen molar-refractivity contribution in [1.82, 2.24) is 5.32 Å². The molecule has 1 heterocycles. The van der Waals surface area contributed by atoms with Crippen LogP contribution in [0.4, 0.5) is 4.79 Å². The zero-order valence-electron chi connectivity index (χ0n) is 17.8. The van der Waals surface area contributed by atoms with Gasteiger partial charge in [0.2, 0.25) is 0 Å². The molecule has 3 rings (SSSR count). The lowest BCUT2D eigenvalue weighted by atomic mass is 9.77. The highest BCUT2D eigenvalue weighted by atomic mass is 16.7. The number of amides is 1. The van der Waals surface area contributed by atoms with Crippen LogP contribution in [0, 0.1) is 0 Å². The van der Waals surface area contributed by atoms with Crippen molar-refractivity contribution in [3.63, 3.8) is 0 Å². The van der Waals surface area contributed by atoms with Crippen LogP contribution in [0.25, 0.3) is 6.08 Å². The standard InChI is InChI=1S/C23H28BNO5/c1-22(2)23(3,4)30-24(29-22)19(13-18-11-8-12-20(26)14-18)15-25-21(27)28-16-17-9-6-5-7-10-17/h5-14,26H,15-16H2,1-4H3,(H,25,27). The topological polar surface area (TPSA) is 77.0 Å². The van der Waals surface area contributed by atoms with Crippen molar-refractivity contribution >= 4 is 19.3 Å². The second-order valence-electron chi connectivity index (χ2n) is 8.32. The van der Waals surface area contributed by atoms with Crippen LogP contribution >= 0.6 is 0 Å². The van der Waals surface area contributed by atoms with Crippen LogP contribution in [0.3, 0.4) is 0 Å². The summed E-state index contributed by atoms with van der Waals surface area (Å²) in [7, 11) is -0.633. The van der Waals surface area contributed by atoms with E-state index in [-0.39, 0.29) is 18.9 Å². The lowest BCUT2D eigenvalue weighted by molar-refractivity contribution is 0.00578. The number of hydrogen-bond donors (Lipinski definition) is 2. The Hall–Kier alpha value is -2.77. The van der Waals surface area contributed by atoms with Gasteiger partial charge in [-0.25, -0.2) is 4.79 Å². The first kappa shape index (κ1) is 21.9. The monoisotopic (exact) mass is 409 g/mol. The summed E-state index contributed by atoms with van der Waals surface area (Å²) in [4.78, 5) is 12.2. The van der Waals surface area contributed by atoms with Crippen molar-refractivity contribution in [3.05, 3.63) is 71.2 Å². The molecule has 1 aliphatic rings. The first-order valence-electron chi connectivity index (χ1n) is 9.96. The van der Waals surface area contributed by atoms with Gasteiger partial charge in [-0.05, 0) is 56.4 Å². The second-order valence-corrected chi connectivity index (χ2v) is 8.32. The summed E-state index contributed by atoms with van der Waals surface area (Å²) in [6, 6.07) is 16.3. The summed E-state index contributed by atoms with van der Waals surface area (Å²) in [5, 5.41) is 12.5. The molecular formula is C23H28BNO5. The number of phenols is 1. The fraction of sp³-hybridized carbons (Fsp3) is 0.348. The molecule has 2 aromatic carbocycles. The van der Waals surface area contributed by atoms with Gasteiger partial charge in [-0.1, -0.05) is 48.5 Å². The molecule has 1 fully saturated rings. The molecule has 1 amide bonds. The highest BCUT2D eigenvalue weighted by molar-refractivity contribution is 6.56. The Morgan fingerprint density at radius 1 is 1.07 bits per heavy atom. The van der Waals surface area contributed by atoms with E-state index in [1.165, 1.54) is 0 Å². The van der Waals surface area contributed by atoms with Gasteiger partial charge < -0.3 is 24.5 Å². The summed E-state index contributed by atoms with van der Waals surface area (Å²) in [6.07, 6.45) is 1.32. The average Bonchev–Trinajstić information content (AvgIpc) is 2.91. The van der Waals surface area contributed by atoms with E-state index in [0.717, 1.165) is 16.6 Å². The Bertz CT molecular complexity index is 895. The van der Waals surface area contributed by atoms with Crippen LogP contribution in [0.5, 0.6) is 5.75 Å². The number of rotatable bonds is 6. The number of carbonyl (C=O) groups excluding carboxylic acids is 1. The van der Waals surface area contributed by atoms with E-state index in [1.54, 1.807) is 18.2 Å². The van der Waals surface area contributed by atoms with Crippen LogP contribution in [0.1, 0.15) is 38.8 Å². The Labute approximate surface area is 178 Å². The number of benzene rings is 2. The largest absolute Gasteiger partial charge is 0.508 e. The molecule has 0 aliphatic carbocycles. The Kier molecular flexibility index (Phi) is 6.53. The molecule has 0 unspecified atom stereocenters. The molecule has 0 spiro atoms. The van der Waals surface area contributed by atoms with Crippen molar-refractivity contribution in [2.24, 2.45) is 0 Å². The minimum absolute atomic E-state index is 0.159. The third kappa shape index (κ3) is 5.43. The van der Waals surface area contributed by atoms with Gasteiger partial charge in [0.25, 0.3) is 0 Å². The van der Waals surface area contributed by atoms with Gasteiger partial charge in [-0.15, -0.1) is 0 Å². The first-order valence-corrected chi connectivity index (χ1v) is 9.96. The van der Waals surface area contributed by atoms with E-state index in [1.807, 2.05) is 70.2 Å². The summed E-state index contributed by atoms with van der Waals surface area (Å²) in [5.41, 5.74) is 1.39. The zero-order valence-corrected chi connectivity index (χ0v) is 17.8. The second kappa shape index (κ2) is 8.94. The normalized spacial score (nSPS) is 17.6. The highest BCUT2D eigenvalue weighted by Gasteiger charge is 2.52. The molecule has 30 heavy (non-hydrogen) atoms. The lowest BCUT2D eigenvalue weighted by Crippen LogP contribution is -2.41. The van der Waals surface area contributed by atoms with Crippen molar-refractivity contribution in [3.8, 4) is 5.75 Å². The number of alkyl carbamates (subject to hydrolysis) is 1. The molecule has 0 atom stereocenters. The third-order valence-electron chi connectivity index (χ3n) is 5.43. The van der Waals surface area contributed by atoms with Crippen molar-refractivity contribution in [2.75, 3.05) is 6.54 Å². The number of phenolic OH excluding ortho intramolecular Hbond substituents is 1. The number of nitrogens with one attached hydrogen (secondary N) is 1. The van der Waals surface area contributed by atoms with Crippen molar-refractivity contribution in [2.45, 2.75) is 45.5 Å². The maximum Gasteiger partial charge on any atom is 0.492 e. The van der Waals surface area contributed by atoms with Gasteiger partial charge in [0.05, 0.1) is 11.2 Å².